The summed E-state index contributed by atoms with van der Waals surface area (Å²) in [5.41, 5.74) is 0. The van der Waals surface area contributed by atoms with E-state index >= 15 is 0 Å². The minimum absolute atomic E-state index is 0.668. The third kappa shape index (κ3) is 9.53. The molecular formula is H3B2I2-. The van der Waals surface area contributed by atoms with Crippen molar-refractivity contribution in [2.45, 2.75) is 0 Å². The molecule has 0 saturated carbocycles. The summed E-state index contributed by atoms with van der Waals surface area (Å²) in [4.78, 5) is 0. The zero-order chi connectivity index (χ0) is 3.58. The number of hydrogen-bond donors (Lipinski definition) is 0. The Labute approximate surface area is 54.3 Å². The molecule has 0 aliphatic heterocycles. The molecule has 0 aromatic rings. The van der Waals surface area contributed by atoms with E-state index in [1.54, 1.807) is 0 Å². The van der Waals surface area contributed by atoms with E-state index in [2.05, 4.69) is 44.7 Å². The number of halogens is 2. The Kier molecular flexibility index (Phi) is 3.92. The van der Waals surface area contributed by atoms with Gasteiger partial charge in [-0.3, -0.25) is 0 Å². The lowest BCUT2D eigenvalue weighted by Crippen LogP contribution is -1.82. The average molecular weight is 278 g/mol. The molecule has 4 heteroatoms. The van der Waals surface area contributed by atoms with Crippen LogP contribution in [0.5, 0.6) is 0 Å². The van der Waals surface area contributed by atoms with Crippen molar-refractivity contribution >= 4 is 54.8 Å². The van der Waals surface area contributed by atoms with Gasteiger partial charge in [-0.15, -0.1) is 0 Å². The summed E-state index contributed by atoms with van der Waals surface area (Å²) in [5, 5.41) is 0. The Morgan fingerprint density at radius 3 is 1.50 bits per heavy atom. The van der Waals surface area contributed by atoms with Crippen molar-refractivity contribution in [2.24, 2.45) is 0 Å². The van der Waals surface area contributed by atoms with Gasteiger partial charge in [-0.25, -0.2) is 0 Å². The quantitative estimate of drug-likeness (QED) is 0.439. The smallest absolute Gasteiger partial charge is 0.116 e. The Morgan fingerprint density at radius 2 is 1.50 bits per heavy atom. The van der Waals surface area contributed by atoms with E-state index in [1.807, 2.05) is 0 Å². The second kappa shape index (κ2) is 2.81. The van der Waals surface area contributed by atoms with Crippen LogP contribution in [-0.4, -0.2) is 10.1 Å². The Morgan fingerprint density at radius 1 is 1.50 bits per heavy atom. The van der Waals surface area contributed by atoms with Crippen molar-refractivity contribution in [3.63, 3.8) is 0 Å². The van der Waals surface area contributed by atoms with E-state index < -0.39 is 0 Å². The number of rotatable bonds is 0. The maximum absolute atomic E-state index is 2.44. The lowest BCUT2D eigenvalue weighted by molar-refractivity contribution is 4.64. The standard InChI is InChI=1S/B2H3I2/c1-2(3)4/h1H3/q-1. The van der Waals surface area contributed by atoms with Gasteiger partial charge in [-0.2, -0.15) is 44.7 Å². The molecule has 0 saturated heterocycles. The predicted octanol–water partition coefficient (Wildman–Crippen LogP) is 0.207. The van der Waals surface area contributed by atoms with Crippen LogP contribution in [0.4, 0.5) is 0 Å². The third-order valence-corrected chi connectivity index (χ3v) is 0. The first kappa shape index (κ1) is 5.59. The second-order valence-corrected chi connectivity index (χ2v) is 3.71. The molecule has 0 rings (SSSR count). The molecule has 0 spiro atoms. The fourth-order valence-electron chi connectivity index (χ4n) is 0. The molecule has 24 valence electrons. The highest BCUT2D eigenvalue weighted by Crippen LogP contribution is 1.94. The molecule has 0 aliphatic carbocycles. The largest absolute Gasteiger partial charge is 0.184 e. The molecule has 0 aromatic heterocycles. The molecular weight excluding hydrogens is 275 g/mol. The molecule has 4 heavy (non-hydrogen) atoms. The maximum Gasteiger partial charge on any atom is 0.116 e. The first-order valence-corrected chi connectivity index (χ1v) is 2.93. The summed E-state index contributed by atoms with van der Waals surface area (Å²) in [6, 6.07) is 0. The van der Waals surface area contributed by atoms with E-state index in [4.69, 9.17) is 0 Å². The fraction of sp³-hybridized carbons (Fsp3) is 0. The zero-order valence-corrected chi connectivity index (χ0v) is 5.65. The summed E-state index contributed by atoms with van der Waals surface area (Å²) in [6.45, 7) is 0. The molecule has 0 bridgehead atoms. The highest BCUT2D eigenvalue weighted by Gasteiger charge is 1.73. The minimum Gasteiger partial charge on any atom is -0.184 e. The van der Waals surface area contributed by atoms with Crippen LogP contribution in [0.25, 0.3) is 0 Å². The summed E-state index contributed by atoms with van der Waals surface area (Å²) >= 11 is 4.88. The molecule has 0 radical (unpaired) electrons. The van der Waals surface area contributed by atoms with Crippen molar-refractivity contribution in [3.05, 3.63) is 0 Å². The van der Waals surface area contributed by atoms with Gasteiger partial charge < -0.3 is 0 Å². The average Bonchev–Trinajstić information content (AvgIpc) is 0.811. The van der Waals surface area contributed by atoms with Gasteiger partial charge in [-0.05, 0) is 7.74 Å². The Balaban J connectivity index is 2.32. The monoisotopic (exact) mass is 279 g/mol. The first-order valence-electron chi connectivity index (χ1n) is 0.436. The van der Waals surface area contributed by atoms with Gasteiger partial charge in [0.1, 0.15) is 2.32 Å². The molecule has 0 heterocycles. The van der Waals surface area contributed by atoms with E-state index in [-0.39, 0.29) is 0 Å². The van der Waals surface area contributed by atoms with E-state index in [0.717, 1.165) is 2.32 Å². The van der Waals surface area contributed by atoms with Crippen LogP contribution in [0.15, 0.2) is 0 Å². The van der Waals surface area contributed by atoms with Crippen molar-refractivity contribution in [3.8, 4) is 0 Å². The molecule has 0 fully saturated rings. The van der Waals surface area contributed by atoms with Gasteiger partial charge in [-0.1, -0.05) is 0 Å². The van der Waals surface area contributed by atoms with Crippen LogP contribution < -0.4 is 0 Å². The molecule has 0 N–H and O–H groups in total. The van der Waals surface area contributed by atoms with Gasteiger partial charge in [0.15, 0.2) is 0 Å². The van der Waals surface area contributed by atoms with Gasteiger partial charge in [0.25, 0.3) is 0 Å². The van der Waals surface area contributed by atoms with Crippen LogP contribution in [-0.2, 0) is 0 Å². The topological polar surface area (TPSA) is 0 Å². The summed E-state index contributed by atoms with van der Waals surface area (Å²) < 4.78 is 1.02. The normalized spacial score (nSPS) is 6.75. The van der Waals surface area contributed by atoms with Gasteiger partial charge in [0.2, 0.25) is 0 Å². The van der Waals surface area contributed by atoms with Crippen LogP contribution in [0.2, 0.25) is 0 Å². The zero-order valence-electron chi connectivity index (χ0n) is 1.33. The van der Waals surface area contributed by atoms with Gasteiger partial charge >= 0.3 is 0 Å². The molecule has 0 aromatic carbocycles. The van der Waals surface area contributed by atoms with Crippen molar-refractivity contribution in [2.75, 3.05) is 0 Å². The van der Waals surface area contributed by atoms with E-state index in [9.17, 15) is 0 Å². The van der Waals surface area contributed by atoms with Gasteiger partial charge in [0, 0.05) is 0 Å². The second-order valence-electron chi connectivity index (χ2n) is 0.0825. The predicted molar refractivity (Wildman–Crippen MR) is 43.7 cm³/mol. The Hall–Kier alpha value is 1.59. The molecule has 0 atom stereocenters. The highest BCUT2D eigenvalue weighted by atomic mass is 127. The van der Waals surface area contributed by atoms with Crippen LogP contribution in [0.3, 0.4) is 0 Å². The lowest BCUT2D eigenvalue weighted by Gasteiger charge is -1.75. The van der Waals surface area contributed by atoms with E-state index in [0.29, 0.717) is 7.74 Å². The third-order valence-electron chi connectivity index (χ3n) is 0. The maximum atomic E-state index is 2.44. The van der Waals surface area contributed by atoms with Crippen LogP contribution >= 0.6 is 44.7 Å². The van der Waals surface area contributed by atoms with Crippen molar-refractivity contribution < 1.29 is 0 Å². The number of hydrogen-bond acceptors (Lipinski definition) is 0. The van der Waals surface area contributed by atoms with Crippen molar-refractivity contribution in [1.29, 1.82) is 0 Å². The summed E-state index contributed by atoms with van der Waals surface area (Å²) in [6.07, 6.45) is 0. The first-order chi connectivity index (χ1) is 1.73. The fourth-order valence-corrected chi connectivity index (χ4v) is 0. The molecule has 0 aliphatic rings. The SMILES string of the molecule is [BH3-]B(I)I. The van der Waals surface area contributed by atoms with Crippen molar-refractivity contribution in [1.82, 2.24) is 0 Å². The van der Waals surface area contributed by atoms with Gasteiger partial charge in [0.05, 0.1) is 0 Å². The molecule has 0 amide bonds. The summed E-state index contributed by atoms with van der Waals surface area (Å²) in [5.74, 6) is 0. The van der Waals surface area contributed by atoms with E-state index in [1.165, 1.54) is 0 Å². The molecule has 0 unspecified atom stereocenters. The lowest BCUT2D eigenvalue weighted by atomic mass is 9.80. The van der Waals surface area contributed by atoms with Crippen LogP contribution in [0, 0.1) is 0 Å². The van der Waals surface area contributed by atoms with Crippen LogP contribution in [0.1, 0.15) is 0 Å². The highest BCUT2D eigenvalue weighted by molar-refractivity contribution is 14.3. The Bertz CT molecular complexity index is 8.75. The summed E-state index contributed by atoms with van der Waals surface area (Å²) in [7, 11) is 0.668. The molecule has 0 nitrogen and oxygen atoms in total. The minimum atomic E-state index is 0.668.